The molecule has 0 aliphatic rings. The molecule has 0 bridgehead atoms. The van der Waals surface area contributed by atoms with Crippen LogP contribution in [0.25, 0.3) is 22.4 Å². The van der Waals surface area contributed by atoms with Crippen LogP contribution < -0.4 is 11.2 Å². The van der Waals surface area contributed by atoms with E-state index in [9.17, 15) is 9.59 Å². The summed E-state index contributed by atoms with van der Waals surface area (Å²) in [5.74, 6) is 0. The fourth-order valence-corrected chi connectivity index (χ4v) is 2.58. The van der Waals surface area contributed by atoms with Crippen LogP contribution in [0, 0.1) is 0 Å². The van der Waals surface area contributed by atoms with Crippen LogP contribution in [0.4, 0.5) is 0 Å². The SMILES string of the molecule is Cn1c(=O)n(CCO)c(=O)c2nc(-c3ccccc3)c(Cl)nc21. The van der Waals surface area contributed by atoms with Gasteiger partial charge in [-0.3, -0.25) is 13.9 Å². The van der Waals surface area contributed by atoms with E-state index in [0.29, 0.717) is 11.3 Å². The molecule has 0 fully saturated rings. The summed E-state index contributed by atoms with van der Waals surface area (Å²) < 4.78 is 2.12. The third-order valence-corrected chi connectivity index (χ3v) is 3.75. The molecule has 118 valence electrons. The minimum atomic E-state index is -0.599. The number of aliphatic hydroxyl groups excluding tert-OH is 1. The van der Waals surface area contributed by atoms with E-state index in [-0.39, 0.29) is 29.5 Å². The number of benzene rings is 1. The molecule has 0 aliphatic carbocycles. The van der Waals surface area contributed by atoms with E-state index in [1.54, 1.807) is 12.1 Å². The average Bonchev–Trinajstić information content (AvgIpc) is 2.57. The molecular formula is C15H13ClN4O3. The third-order valence-electron chi connectivity index (χ3n) is 3.49. The summed E-state index contributed by atoms with van der Waals surface area (Å²) in [6.45, 7) is -0.431. The summed E-state index contributed by atoms with van der Waals surface area (Å²) in [7, 11) is 1.48. The van der Waals surface area contributed by atoms with E-state index in [4.69, 9.17) is 16.7 Å². The fourth-order valence-electron chi connectivity index (χ4n) is 2.35. The minimum absolute atomic E-state index is 0.0313. The van der Waals surface area contributed by atoms with Crippen molar-refractivity contribution in [1.82, 2.24) is 19.1 Å². The van der Waals surface area contributed by atoms with Crippen molar-refractivity contribution in [1.29, 1.82) is 0 Å². The molecule has 23 heavy (non-hydrogen) atoms. The Hall–Kier alpha value is -2.51. The van der Waals surface area contributed by atoms with Crippen LogP contribution in [0.15, 0.2) is 39.9 Å². The van der Waals surface area contributed by atoms with Gasteiger partial charge in [-0.2, -0.15) is 0 Å². The molecule has 0 radical (unpaired) electrons. The van der Waals surface area contributed by atoms with E-state index in [2.05, 4.69) is 9.97 Å². The maximum Gasteiger partial charge on any atom is 0.332 e. The van der Waals surface area contributed by atoms with Gasteiger partial charge in [-0.15, -0.1) is 0 Å². The first-order chi connectivity index (χ1) is 11.0. The lowest BCUT2D eigenvalue weighted by Crippen LogP contribution is -2.40. The molecule has 0 saturated carbocycles. The summed E-state index contributed by atoms with van der Waals surface area (Å²) in [5, 5.41) is 9.15. The van der Waals surface area contributed by atoms with Gasteiger partial charge in [0.25, 0.3) is 5.56 Å². The van der Waals surface area contributed by atoms with Crippen molar-refractivity contribution in [2.75, 3.05) is 6.61 Å². The Bertz CT molecular complexity index is 996. The second kappa shape index (κ2) is 5.94. The maximum atomic E-state index is 12.5. The van der Waals surface area contributed by atoms with Gasteiger partial charge in [-0.25, -0.2) is 14.8 Å². The molecular weight excluding hydrogens is 320 g/mol. The third kappa shape index (κ3) is 2.54. The quantitative estimate of drug-likeness (QED) is 0.766. The lowest BCUT2D eigenvalue weighted by atomic mass is 10.1. The molecule has 2 heterocycles. The summed E-state index contributed by atoms with van der Waals surface area (Å²) in [5.41, 5.74) is 0.0514. The Morgan fingerprint density at radius 2 is 1.87 bits per heavy atom. The molecule has 3 aromatic rings. The Labute approximate surface area is 135 Å². The normalized spacial score (nSPS) is 11.1. The Morgan fingerprint density at radius 3 is 2.52 bits per heavy atom. The van der Waals surface area contributed by atoms with Crippen LogP contribution in [0.3, 0.4) is 0 Å². The maximum absolute atomic E-state index is 12.5. The van der Waals surface area contributed by atoms with Crippen molar-refractivity contribution >= 4 is 22.8 Å². The zero-order chi connectivity index (χ0) is 16.6. The molecule has 7 nitrogen and oxygen atoms in total. The van der Waals surface area contributed by atoms with E-state index < -0.39 is 11.2 Å². The molecule has 0 spiro atoms. The van der Waals surface area contributed by atoms with E-state index in [1.807, 2.05) is 18.2 Å². The van der Waals surface area contributed by atoms with Crippen molar-refractivity contribution in [2.45, 2.75) is 6.54 Å². The average molecular weight is 333 g/mol. The molecule has 0 unspecified atom stereocenters. The molecule has 1 N–H and O–H groups in total. The zero-order valence-corrected chi connectivity index (χ0v) is 13.0. The van der Waals surface area contributed by atoms with Gasteiger partial charge in [0.2, 0.25) is 0 Å². The van der Waals surface area contributed by atoms with E-state index in [0.717, 1.165) is 4.57 Å². The van der Waals surface area contributed by atoms with Crippen LogP contribution in [0.2, 0.25) is 5.15 Å². The number of hydrogen-bond donors (Lipinski definition) is 1. The topological polar surface area (TPSA) is 90.0 Å². The summed E-state index contributed by atoms with van der Waals surface area (Å²) >= 11 is 6.18. The number of nitrogens with zero attached hydrogens (tertiary/aromatic N) is 4. The van der Waals surface area contributed by atoms with Crippen LogP contribution in [0.1, 0.15) is 0 Å². The van der Waals surface area contributed by atoms with Crippen LogP contribution in [-0.4, -0.2) is 30.8 Å². The van der Waals surface area contributed by atoms with Gasteiger partial charge in [-0.05, 0) is 0 Å². The number of aromatic nitrogens is 4. The molecule has 0 saturated heterocycles. The fraction of sp³-hybridized carbons (Fsp3) is 0.200. The highest BCUT2D eigenvalue weighted by molar-refractivity contribution is 6.32. The Morgan fingerprint density at radius 1 is 1.17 bits per heavy atom. The first-order valence-electron chi connectivity index (χ1n) is 6.88. The number of rotatable bonds is 3. The highest BCUT2D eigenvalue weighted by atomic mass is 35.5. The van der Waals surface area contributed by atoms with Crippen molar-refractivity contribution in [3.8, 4) is 11.3 Å². The monoisotopic (exact) mass is 332 g/mol. The van der Waals surface area contributed by atoms with Gasteiger partial charge in [0.15, 0.2) is 16.3 Å². The van der Waals surface area contributed by atoms with Gasteiger partial charge in [0.05, 0.1) is 13.2 Å². The van der Waals surface area contributed by atoms with Crippen LogP contribution in [-0.2, 0) is 13.6 Å². The second-order valence-electron chi connectivity index (χ2n) is 4.92. The first kappa shape index (κ1) is 15.4. The molecule has 0 atom stereocenters. The smallest absolute Gasteiger partial charge is 0.332 e. The van der Waals surface area contributed by atoms with Gasteiger partial charge >= 0.3 is 5.69 Å². The summed E-state index contributed by atoms with van der Waals surface area (Å²) in [6, 6.07) is 9.10. The highest BCUT2D eigenvalue weighted by Crippen LogP contribution is 2.25. The number of halogens is 1. The standard InChI is InChI=1S/C15H13ClN4O3/c1-19-13-11(14(22)20(7-8-21)15(19)23)17-10(12(16)18-13)9-5-3-2-4-6-9/h2-6,21H,7-8H2,1H3. The van der Waals surface area contributed by atoms with E-state index >= 15 is 0 Å². The van der Waals surface area contributed by atoms with Crippen molar-refractivity contribution in [3.63, 3.8) is 0 Å². The first-order valence-corrected chi connectivity index (χ1v) is 7.25. The zero-order valence-electron chi connectivity index (χ0n) is 12.2. The van der Waals surface area contributed by atoms with Crippen LogP contribution >= 0.6 is 11.6 Å². The number of aryl methyl sites for hydroxylation is 1. The van der Waals surface area contributed by atoms with Crippen molar-refractivity contribution in [2.24, 2.45) is 7.05 Å². The molecule has 0 aliphatic heterocycles. The number of aliphatic hydroxyl groups is 1. The molecule has 3 rings (SSSR count). The molecule has 1 aromatic carbocycles. The molecule has 0 amide bonds. The predicted octanol–water partition coefficient (Wildman–Crippen LogP) is 0.803. The molecule has 2 aromatic heterocycles. The van der Waals surface area contributed by atoms with E-state index in [1.165, 1.54) is 11.6 Å². The van der Waals surface area contributed by atoms with Gasteiger partial charge in [-0.1, -0.05) is 41.9 Å². The van der Waals surface area contributed by atoms with Crippen LogP contribution in [0.5, 0.6) is 0 Å². The predicted molar refractivity (Wildman–Crippen MR) is 86.6 cm³/mol. The lowest BCUT2D eigenvalue weighted by molar-refractivity contribution is 0.271. The highest BCUT2D eigenvalue weighted by Gasteiger charge is 2.17. The Kier molecular flexibility index (Phi) is 3.97. The van der Waals surface area contributed by atoms with Gasteiger partial charge < -0.3 is 5.11 Å². The summed E-state index contributed by atoms with van der Waals surface area (Å²) in [4.78, 5) is 33.1. The number of fused-ring (bicyclic) bond motifs is 1. The molecule has 8 heteroatoms. The second-order valence-corrected chi connectivity index (χ2v) is 5.28. The van der Waals surface area contributed by atoms with Crippen molar-refractivity contribution in [3.05, 3.63) is 56.3 Å². The minimum Gasteiger partial charge on any atom is -0.395 e. The Balaban J connectivity index is 2.39. The largest absolute Gasteiger partial charge is 0.395 e. The lowest BCUT2D eigenvalue weighted by Gasteiger charge is -2.10. The van der Waals surface area contributed by atoms with Gasteiger partial charge in [0, 0.05) is 12.6 Å². The van der Waals surface area contributed by atoms with Crippen molar-refractivity contribution < 1.29 is 5.11 Å². The summed E-state index contributed by atoms with van der Waals surface area (Å²) in [6.07, 6.45) is 0. The van der Waals surface area contributed by atoms with Gasteiger partial charge in [0.1, 0.15) is 5.69 Å². The number of hydrogen-bond acceptors (Lipinski definition) is 5.